The normalized spacial score (nSPS) is 11.3. The van der Waals surface area contributed by atoms with Gasteiger partial charge in [-0.2, -0.15) is 0 Å². The van der Waals surface area contributed by atoms with Crippen molar-refractivity contribution in [2.45, 2.75) is 39.3 Å². The van der Waals surface area contributed by atoms with Crippen LogP contribution in [0.25, 0.3) is 10.2 Å². The molecule has 0 aliphatic heterocycles. The average molecular weight is 405 g/mol. The third kappa shape index (κ3) is 5.23. The van der Waals surface area contributed by atoms with E-state index in [9.17, 15) is 4.79 Å². The lowest BCUT2D eigenvalue weighted by Crippen LogP contribution is -2.13. The van der Waals surface area contributed by atoms with Gasteiger partial charge in [-0.3, -0.25) is 4.79 Å². The number of rotatable bonds is 8. The summed E-state index contributed by atoms with van der Waals surface area (Å²) in [4.78, 5) is 24.6. The lowest BCUT2D eigenvalue weighted by molar-refractivity contribution is -0.113. The number of fused-ring (bicyclic) bond motifs is 1. The van der Waals surface area contributed by atoms with Crippen LogP contribution in [-0.4, -0.2) is 33.2 Å². The molecule has 0 unspecified atom stereocenters. The minimum absolute atomic E-state index is 0.0939. The number of thioether (sulfide) groups is 1. The van der Waals surface area contributed by atoms with E-state index in [1.807, 2.05) is 32.0 Å². The second-order valence-electron chi connectivity index (χ2n) is 6.63. The zero-order valence-electron chi connectivity index (χ0n) is 16.0. The van der Waals surface area contributed by atoms with E-state index < -0.39 is 0 Å². The molecule has 3 aromatic rings. The number of nitrogens with zero attached hydrogens (tertiary/aromatic N) is 2. The van der Waals surface area contributed by atoms with Gasteiger partial charge in [0, 0.05) is 5.69 Å². The van der Waals surface area contributed by atoms with Crippen molar-refractivity contribution < 1.29 is 9.53 Å². The van der Waals surface area contributed by atoms with Gasteiger partial charge in [-0.15, -0.1) is 0 Å². The van der Waals surface area contributed by atoms with Crippen molar-refractivity contribution >= 4 is 44.4 Å². The number of aryl methyl sites for hydroxylation is 1. The van der Waals surface area contributed by atoms with E-state index in [0.717, 1.165) is 38.9 Å². The SMILES string of the molecule is CCOc1ccc2nc(NC(=O)CSc3nc(CC(C)C)c(C)[nH]3)sc2c1. The molecule has 0 saturated heterocycles. The maximum atomic E-state index is 12.3. The highest BCUT2D eigenvalue weighted by molar-refractivity contribution is 7.99. The Balaban J connectivity index is 1.58. The number of aromatic nitrogens is 3. The Morgan fingerprint density at radius 1 is 1.37 bits per heavy atom. The van der Waals surface area contributed by atoms with E-state index in [-0.39, 0.29) is 11.7 Å². The molecule has 2 N–H and O–H groups in total. The number of amides is 1. The van der Waals surface area contributed by atoms with E-state index in [1.54, 1.807) is 0 Å². The number of carbonyl (C=O) groups is 1. The molecule has 8 heteroatoms. The molecule has 1 amide bonds. The second kappa shape index (κ2) is 8.75. The van der Waals surface area contributed by atoms with Crippen LogP contribution in [0.4, 0.5) is 5.13 Å². The molecular weight excluding hydrogens is 380 g/mol. The van der Waals surface area contributed by atoms with E-state index in [0.29, 0.717) is 17.7 Å². The van der Waals surface area contributed by atoms with E-state index in [2.05, 4.69) is 34.1 Å². The van der Waals surface area contributed by atoms with Gasteiger partial charge in [0.25, 0.3) is 0 Å². The molecule has 27 heavy (non-hydrogen) atoms. The predicted molar refractivity (Wildman–Crippen MR) is 112 cm³/mol. The van der Waals surface area contributed by atoms with Crippen molar-refractivity contribution in [1.82, 2.24) is 15.0 Å². The topological polar surface area (TPSA) is 79.9 Å². The predicted octanol–water partition coefficient (Wildman–Crippen LogP) is 4.66. The molecular formula is C19H24N4O2S2. The Morgan fingerprint density at radius 3 is 2.93 bits per heavy atom. The van der Waals surface area contributed by atoms with Gasteiger partial charge in [-0.1, -0.05) is 36.9 Å². The van der Waals surface area contributed by atoms with Gasteiger partial charge in [0.15, 0.2) is 10.3 Å². The van der Waals surface area contributed by atoms with Crippen molar-refractivity contribution in [1.29, 1.82) is 0 Å². The Kier molecular flexibility index (Phi) is 6.38. The highest BCUT2D eigenvalue weighted by Gasteiger charge is 2.12. The zero-order chi connectivity index (χ0) is 19.4. The molecule has 144 valence electrons. The summed E-state index contributed by atoms with van der Waals surface area (Å²) < 4.78 is 6.49. The van der Waals surface area contributed by atoms with E-state index >= 15 is 0 Å². The number of aromatic amines is 1. The van der Waals surface area contributed by atoms with Crippen molar-refractivity contribution in [2.24, 2.45) is 5.92 Å². The van der Waals surface area contributed by atoms with Gasteiger partial charge >= 0.3 is 0 Å². The van der Waals surface area contributed by atoms with Crippen LogP contribution >= 0.6 is 23.1 Å². The van der Waals surface area contributed by atoms with Crippen LogP contribution in [0.5, 0.6) is 5.75 Å². The largest absolute Gasteiger partial charge is 0.494 e. The first kappa shape index (κ1) is 19.7. The van der Waals surface area contributed by atoms with Gasteiger partial charge in [0.05, 0.1) is 28.3 Å². The number of H-pyrrole nitrogens is 1. The van der Waals surface area contributed by atoms with Crippen molar-refractivity contribution in [3.05, 3.63) is 29.6 Å². The molecule has 3 rings (SSSR count). The molecule has 0 radical (unpaired) electrons. The summed E-state index contributed by atoms with van der Waals surface area (Å²) >= 11 is 2.85. The monoisotopic (exact) mass is 404 g/mol. The van der Waals surface area contributed by atoms with E-state index in [1.165, 1.54) is 23.1 Å². The second-order valence-corrected chi connectivity index (χ2v) is 8.62. The summed E-state index contributed by atoms with van der Waals surface area (Å²) in [5.41, 5.74) is 3.00. The molecule has 0 saturated carbocycles. The molecule has 0 fully saturated rings. The molecule has 0 atom stereocenters. The van der Waals surface area contributed by atoms with Crippen LogP contribution in [0.2, 0.25) is 0 Å². The Bertz CT molecular complexity index is 933. The molecule has 0 spiro atoms. The van der Waals surface area contributed by atoms with Gasteiger partial charge in [0.2, 0.25) is 5.91 Å². The van der Waals surface area contributed by atoms with Crippen LogP contribution in [-0.2, 0) is 11.2 Å². The van der Waals surface area contributed by atoms with Crippen LogP contribution in [0.15, 0.2) is 23.4 Å². The van der Waals surface area contributed by atoms with Crippen molar-refractivity contribution in [3.63, 3.8) is 0 Å². The molecule has 0 bridgehead atoms. The fourth-order valence-corrected chi connectivity index (χ4v) is 4.28. The van der Waals surface area contributed by atoms with Crippen molar-refractivity contribution in [3.8, 4) is 5.75 Å². The highest BCUT2D eigenvalue weighted by Crippen LogP contribution is 2.29. The van der Waals surface area contributed by atoms with Crippen LogP contribution in [0.1, 0.15) is 32.2 Å². The van der Waals surface area contributed by atoms with Gasteiger partial charge in [-0.05, 0) is 44.4 Å². The Labute approximate surface area is 167 Å². The number of hydrogen-bond acceptors (Lipinski definition) is 6. The summed E-state index contributed by atoms with van der Waals surface area (Å²) in [6.45, 7) is 8.93. The first-order valence-corrected chi connectivity index (χ1v) is 10.8. The maximum Gasteiger partial charge on any atom is 0.236 e. The fourth-order valence-electron chi connectivity index (χ4n) is 2.62. The number of thiazole rings is 1. The summed E-state index contributed by atoms with van der Waals surface area (Å²) in [5, 5.41) is 4.25. The third-order valence-corrected chi connectivity index (χ3v) is 5.63. The number of carbonyl (C=O) groups excluding carboxylic acids is 1. The summed E-state index contributed by atoms with van der Waals surface area (Å²) in [6, 6.07) is 5.74. The lowest BCUT2D eigenvalue weighted by Gasteiger charge is -2.01. The Hall–Kier alpha value is -2.06. The number of nitrogens with one attached hydrogen (secondary N) is 2. The number of benzene rings is 1. The molecule has 0 aliphatic rings. The summed E-state index contributed by atoms with van der Waals surface area (Å²) in [7, 11) is 0. The maximum absolute atomic E-state index is 12.3. The lowest BCUT2D eigenvalue weighted by atomic mass is 10.1. The standard InChI is InChI=1S/C19H24N4O2S2/c1-5-25-13-6-7-14-16(9-13)27-19(21-14)23-17(24)10-26-18-20-12(4)15(22-18)8-11(2)3/h6-7,9,11H,5,8,10H2,1-4H3,(H,20,22)(H,21,23,24). The quantitative estimate of drug-likeness (QED) is 0.534. The number of anilines is 1. The van der Waals surface area contributed by atoms with Crippen LogP contribution < -0.4 is 10.1 Å². The van der Waals surface area contributed by atoms with Gasteiger partial charge in [-0.25, -0.2) is 9.97 Å². The van der Waals surface area contributed by atoms with Crippen molar-refractivity contribution in [2.75, 3.05) is 17.7 Å². The van der Waals surface area contributed by atoms with Gasteiger partial charge < -0.3 is 15.0 Å². The van der Waals surface area contributed by atoms with E-state index in [4.69, 9.17) is 4.74 Å². The minimum Gasteiger partial charge on any atom is -0.494 e. The first-order valence-electron chi connectivity index (χ1n) is 8.96. The summed E-state index contributed by atoms with van der Waals surface area (Å²) in [5.74, 6) is 1.56. The Morgan fingerprint density at radius 2 is 2.19 bits per heavy atom. The highest BCUT2D eigenvalue weighted by atomic mass is 32.2. The molecule has 2 aromatic heterocycles. The number of ether oxygens (including phenoxy) is 1. The van der Waals surface area contributed by atoms with Crippen LogP contribution in [0, 0.1) is 12.8 Å². The third-order valence-electron chi connectivity index (χ3n) is 3.82. The first-order chi connectivity index (χ1) is 12.9. The molecule has 6 nitrogen and oxygen atoms in total. The molecule has 2 heterocycles. The number of hydrogen-bond donors (Lipinski definition) is 2. The number of imidazole rings is 1. The zero-order valence-corrected chi connectivity index (χ0v) is 17.6. The summed E-state index contributed by atoms with van der Waals surface area (Å²) in [6.07, 6.45) is 0.935. The molecule has 0 aliphatic carbocycles. The average Bonchev–Trinajstić information content (AvgIpc) is 3.15. The minimum atomic E-state index is -0.0939. The fraction of sp³-hybridized carbons (Fsp3) is 0.421. The molecule has 1 aromatic carbocycles. The van der Waals surface area contributed by atoms with Crippen LogP contribution in [0.3, 0.4) is 0 Å². The smallest absolute Gasteiger partial charge is 0.236 e. The van der Waals surface area contributed by atoms with Gasteiger partial charge in [0.1, 0.15) is 5.75 Å².